The summed E-state index contributed by atoms with van der Waals surface area (Å²) in [6.45, 7) is 2.36. The number of nitro benzene ring substituents is 1. The number of sulfonamides is 1. The second kappa shape index (κ2) is 5.18. The van der Waals surface area contributed by atoms with Crippen molar-refractivity contribution >= 4 is 15.7 Å². The highest BCUT2D eigenvalue weighted by molar-refractivity contribution is 7.89. The smallest absolute Gasteiger partial charge is 0.258 e. The summed E-state index contributed by atoms with van der Waals surface area (Å²) >= 11 is 0. The molecule has 0 aliphatic heterocycles. The summed E-state index contributed by atoms with van der Waals surface area (Å²) in [7, 11) is -4.39. The lowest BCUT2D eigenvalue weighted by atomic mass is 10.2. The van der Waals surface area contributed by atoms with Crippen LogP contribution in [0.4, 0.5) is 5.69 Å². The molecule has 0 heterocycles. The molecule has 0 saturated heterocycles. The average molecular weight is 289 g/mol. The van der Waals surface area contributed by atoms with Crippen molar-refractivity contribution in [2.45, 2.75) is 18.7 Å². The van der Waals surface area contributed by atoms with E-state index in [2.05, 4.69) is 0 Å². The van der Waals surface area contributed by atoms with E-state index in [1.54, 1.807) is 0 Å². The fraction of sp³-hybridized carbons (Fsp3) is 0.333. The quantitative estimate of drug-likeness (QED) is 0.590. The van der Waals surface area contributed by atoms with Crippen molar-refractivity contribution in [1.29, 1.82) is 0 Å². The van der Waals surface area contributed by atoms with Gasteiger partial charge in [-0.2, -0.15) is 8.42 Å². The van der Waals surface area contributed by atoms with Gasteiger partial charge in [0.15, 0.2) is 5.03 Å². The Morgan fingerprint density at radius 3 is 2.26 bits per heavy atom. The molecule has 0 amide bonds. The highest BCUT2D eigenvalue weighted by Gasteiger charge is 2.32. The van der Waals surface area contributed by atoms with E-state index >= 15 is 0 Å². The van der Waals surface area contributed by atoms with Crippen molar-refractivity contribution < 1.29 is 18.4 Å². The predicted octanol–water partition coefficient (Wildman–Crippen LogP) is 1.11. The van der Waals surface area contributed by atoms with Gasteiger partial charge in [-0.25, -0.2) is 10.1 Å². The van der Waals surface area contributed by atoms with Crippen LogP contribution in [0, 0.1) is 27.2 Å². The van der Waals surface area contributed by atoms with Crippen LogP contribution in [0.2, 0.25) is 0 Å². The molecular formula is C9H11N3O6S. The first-order valence-electron chi connectivity index (χ1n) is 5.14. The van der Waals surface area contributed by atoms with E-state index in [1.165, 1.54) is 19.9 Å². The zero-order valence-electron chi connectivity index (χ0n) is 10.1. The van der Waals surface area contributed by atoms with E-state index in [9.17, 15) is 28.6 Å². The van der Waals surface area contributed by atoms with E-state index in [0.717, 1.165) is 12.1 Å². The maximum Gasteiger partial charge on any atom is 0.313 e. The predicted molar refractivity (Wildman–Crippen MR) is 64.4 cm³/mol. The van der Waals surface area contributed by atoms with Crippen LogP contribution in [-0.2, 0) is 10.0 Å². The second-order valence-corrected chi connectivity index (χ2v) is 5.43. The van der Waals surface area contributed by atoms with E-state index in [-0.39, 0.29) is 16.5 Å². The number of nitrogens with zero attached hydrogens (tertiary/aromatic N) is 3. The summed E-state index contributed by atoms with van der Waals surface area (Å²) in [5.74, 6) is 0. The summed E-state index contributed by atoms with van der Waals surface area (Å²) in [4.78, 5) is 20.2. The first-order chi connectivity index (χ1) is 8.71. The Hall–Kier alpha value is -2.23. The van der Waals surface area contributed by atoms with Gasteiger partial charge >= 0.3 is 10.0 Å². The van der Waals surface area contributed by atoms with Crippen LogP contribution in [0.1, 0.15) is 12.5 Å². The largest absolute Gasteiger partial charge is 0.313 e. The van der Waals surface area contributed by atoms with Gasteiger partial charge in [0.1, 0.15) is 0 Å². The topological polar surface area (TPSA) is 124 Å². The Morgan fingerprint density at radius 1 is 1.26 bits per heavy atom. The van der Waals surface area contributed by atoms with Crippen LogP contribution in [0.3, 0.4) is 0 Å². The Morgan fingerprint density at radius 2 is 1.84 bits per heavy atom. The molecular weight excluding hydrogens is 278 g/mol. The molecule has 1 rings (SSSR count). The third kappa shape index (κ3) is 2.78. The zero-order chi connectivity index (χ0) is 14.8. The van der Waals surface area contributed by atoms with Gasteiger partial charge in [0, 0.05) is 11.6 Å². The van der Waals surface area contributed by atoms with E-state index in [4.69, 9.17) is 0 Å². The highest BCUT2D eigenvalue weighted by atomic mass is 32.2. The minimum atomic E-state index is -4.39. The molecule has 10 heteroatoms. The van der Waals surface area contributed by atoms with Gasteiger partial charge < -0.3 is 0 Å². The minimum absolute atomic E-state index is 0.0292. The fourth-order valence-corrected chi connectivity index (χ4v) is 2.70. The first-order valence-corrected chi connectivity index (χ1v) is 6.58. The molecule has 0 aliphatic rings. The molecule has 0 aliphatic carbocycles. The molecule has 0 fully saturated rings. The van der Waals surface area contributed by atoms with Gasteiger partial charge in [-0.05, 0) is 24.3 Å². The maximum atomic E-state index is 12.0. The van der Waals surface area contributed by atoms with Crippen molar-refractivity contribution in [1.82, 2.24) is 4.41 Å². The summed E-state index contributed by atoms with van der Waals surface area (Å²) in [5, 5.41) is 20.3. The second-order valence-electron chi connectivity index (χ2n) is 3.59. The number of nitro groups is 2. The van der Waals surface area contributed by atoms with Crippen molar-refractivity contribution in [2.24, 2.45) is 0 Å². The van der Waals surface area contributed by atoms with Crippen LogP contribution < -0.4 is 0 Å². The number of hydrazine groups is 1. The third-order valence-corrected chi connectivity index (χ3v) is 4.20. The molecule has 9 nitrogen and oxygen atoms in total. The Bertz CT molecular complexity index is 627. The number of rotatable bonds is 5. The fourth-order valence-electron chi connectivity index (χ4n) is 1.44. The van der Waals surface area contributed by atoms with Gasteiger partial charge in [-0.15, -0.1) is 0 Å². The van der Waals surface area contributed by atoms with Gasteiger partial charge in [-0.1, -0.05) is 6.07 Å². The SMILES string of the molecule is CCN([N+](=O)[O-])S(=O)(=O)c1ccc(C)c([N+](=O)[O-])c1. The van der Waals surface area contributed by atoms with Crippen LogP contribution in [-0.4, -0.2) is 29.3 Å². The standard InChI is InChI=1S/C9H11N3O6S/c1-3-10(12(15)16)19(17,18)8-5-4-7(2)9(6-8)11(13)14/h4-6H,3H2,1-2H3. The molecule has 19 heavy (non-hydrogen) atoms. The summed E-state index contributed by atoms with van der Waals surface area (Å²) in [6, 6.07) is 3.15. The van der Waals surface area contributed by atoms with E-state index in [0.29, 0.717) is 0 Å². The molecule has 0 unspecified atom stereocenters. The highest BCUT2D eigenvalue weighted by Crippen LogP contribution is 2.24. The van der Waals surface area contributed by atoms with Gasteiger partial charge in [0.05, 0.1) is 16.4 Å². The lowest BCUT2D eigenvalue weighted by molar-refractivity contribution is -0.619. The molecule has 104 valence electrons. The molecule has 1 aromatic carbocycles. The van der Waals surface area contributed by atoms with Gasteiger partial charge in [0.25, 0.3) is 5.69 Å². The maximum absolute atomic E-state index is 12.0. The molecule has 1 aromatic rings. The van der Waals surface area contributed by atoms with E-state index in [1.807, 2.05) is 0 Å². The van der Waals surface area contributed by atoms with Crippen LogP contribution in [0.15, 0.2) is 23.1 Å². The molecule has 0 bridgehead atoms. The molecule has 0 saturated carbocycles. The third-order valence-electron chi connectivity index (χ3n) is 2.41. The molecule has 0 N–H and O–H groups in total. The zero-order valence-corrected chi connectivity index (χ0v) is 11.0. The number of aryl methyl sites for hydroxylation is 1. The Balaban J connectivity index is 3.41. The molecule has 0 spiro atoms. The lowest BCUT2D eigenvalue weighted by Gasteiger charge is -2.12. The molecule has 0 radical (unpaired) electrons. The normalized spacial score (nSPS) is 11.1. The lowest BCUT2D eigenvalue weighted by Crippen LogP contribution is -2.36. The number of hydrogen-bond donors (Lipinski definition) is 0. The number of benzene rings is 1. The average Bonchev–Trinajstić information content (AvgIpc) is 2.28. The van der Waals surface area contributed by atoms with Crippen LogP contribution >= 0.6 is 0 Å². The van der Waals surface area contributed by atoms with Gasteiger partial charge in [-0.3, -0.25) is 10.1 Å². The summed E-state index contributed by atoms with van der Waals surface area (Å²) < 4.78 is 23.9. The Kier molecular flexibility index (Phi) is 4.04. The van der Waals surface area contributed by atoms with E-state index < -0.39 is 30.6 Å². The summed E-state index contributed by atoms with van der Waals surface area (Å²) in [5.41, 5.74) is -0.131. The monoisotopic (exact) mass is 289 g/mol. The van der Waals surface area contributed by atoms with Crippen molar-refractivity contribution in [3.05, 3.63) is 44.0 Å². The van der Waals surface area contributed by atoms with Crippen molar-refractivity contribution in [3.63, 3.8) is 0 Å². The van der Waals surface area contributed by atoms with Crippen molar-refractivity contribution in [3.8, 4) is 0 Å². The first kappa shape index (κ1) is 14.8. The number of hydrogen-bond acceptors (Lipinski definition) is 6. The Labute approximate surface area is 108 Å². The minimum Gasteiger partial charge on any atom is -0.258 e. The summed E-state index contributed by atoms with van der Waals surface area (Å²) in [6.07, 6.45) is 0. The van der Waals surface area contributed by atoms with Crippen LogP contribution in [0.5, 0.6) is 0 Å². The van der Waals surface area contributed by atoms with Crippen LogP contribution in [0.25, 0.3) is 0 Å². The van der Waals surface area contributed by atoms with Gasteiger partial charge in [0.2, 0.25) is 0 Å². The molecule has 0 atom stereocenters. The molecule has 0 aromatic heterocycles. The van der Waals surface area contributed by atoms with Crippen molar-refractivity contribution in [2.75, 3.05) is 6.54 Å².